The van der Waals surface area contributed by atoms with Gasteiger partial charge in [-0.25, -0.2) is 13.1 Å². The number of carbonyl (C=O) groups is 1. The van der Waals surface area contributed by atoms with Gasteiger partial charge in [0.15, 0.2) is 0 Å². The van der Waals surface area contributed by atoms with E-state index in [9.17, 15) is 13.2 Å². The van der Waals surface area contributed by atoms with Gasteiger partial charge in [0.25, 0.3) is 0 Å². The van der Waals surface area contributed by atoms with Crippen molar-refractivity contribution in [3.8, 4) is 0 Å². The van der Waals surface area contributed by atoms with Crippen molar-refractivity contribution in [3.63, 3.8) is 0 Å². The molecule has 0 aliphatic heterocycles. The van der Waals surface area contributed by atoms with E-state index in [1.807, 2.05) is 36.5 Å². The van der Waals surface area contributed by atoms with Gasteiger partial charge in [-0.3, -0.25) is 9.78 Å². The van der Waals surface area contributed by atoms with Crippen molar-refractivity contribution in [3.05, 3.63) is 72.1 Å². The SMILES string of the molecule is O=C(Cc1ccc2cnccc2c1)[C@@H]1C[C@H]1c1ccc(S(=O)(=O)NCC2CCCCC2)cc1. The highest BCUT2D eigenvalue weighted by Gasteiger charge is 2.43. The molecule has 0 spiro atoms. The maximum Gasteiger partial charge on any atom is 0.240 e. The van der Waals surface area contributed by atoms with Gasteiger partial charge in [0.2, 0.25) is 10.0 Å². The van der Waals surface area contributed by atoms with E-state index in [1.54, 1.807) is 18.3 Å². The Morgan fingerprint density at radius 1 is 0.970 bits per heavy atom. The van der Waals surface area contributed by atoms with Gasteiger partial charge >= 0.3 is 0 Å². The van der Waals surface area contributed by atoms with Crippen LogP contribution in [0.15, 0.2) is 65.8 Å². The lowest BCUT2D eigenvalue weighted by Gasteiger charge is -2.21. The lowest BCUT2D eigenvalue weighted by atomic mass is 9.90. The molecule has 3 aromatic rings. The van der Waals surface area contributed by atoms with Crippen molar-refractivity contribution < 1.29 is 13.2 Å². The van der Waals surface area contributed by atoms with Crippen molar-refractivity contribution in [1.29, 1.82) is 0 Å². The molecular weight excluding hydrogens is 432 g/mol. The maximum absolute atomic E-state index is 12.8. The second-order valence-corrected chi connectivity index (χ2v) is 11.3. The monoisotopic (exact) mass is 462 g/mol. The Hall–Kier alpha value is -2.57. The summed E-state index contributed by atoms with van der Waals surface area (Å²) in [5, 5.41) is 2.16. The van der Waals surface area contributed by atoms with Gasteiger partial charge in [-0.05, 0) is 65.8 Å². The van der Waals surface area contributed by atoms with E-state index in [2.05, 4.69) is 15.8 Å². The van der Waals surface area contributed by atoms with Crippen molar-refractivity contribution in [2.24, 2.45) is 11.8 Å². The summed E-state index contributed by atoms with van der Waals surface area (Å²) in [5.41, 5.74) is 2.07. The highest BCUT2D eigenvalue weighted by atomic mass is 32.2. The first kappa shape index (κ1) is 22.2. The van der Waals surface area contributed by atoms with E-state index in [-0.39, 0.29) is 17.6 Å². The quantitative estimate of drug-likeness (QED) is 0.511. The summed E-state index contributed by atoms with van der Waals surface area (Å²) in [4.78, 5) is 17.3. The smallest absolute Gasteiger partial charge is 0.240 e. The molecule has 2 saturated carbocycles. The first-order chi connectivity index (χ1) is 16.0. The Morgan fingerprint density at radius 3 is 2.55 bits per heavy atom. The average Bonchev–Trinajstić information content (AvgIpc) is 3.65. The highest BCUT2D eigenvalue weighted by Crippen LogP contribution is 2.48. The summed E-state index contributed by atoms with van der Waals surface area (Å²) in [6.07, 6.45) is 10.7. The van der Waals surface area contributed by atoms with Crippen LogP contribution in [0.25, 0.3) is 10.8 Å². The molecular formula is C27H30N2O3S. The molecule has 2 aromatic carbocycles. The number of hydrogen-bond acceptors (Lipinski definition) is 4. The van der Waals surface area contributed by atoms with Gasteiger partial charge in [-0.15, -0.1) is 0 Å². The standard InChI is InChI=1S/C27H30N2O3S/c30-27(15-20-6-7-23-18-28-13-12-22(23)14-20)26-16-25(26)21-8-10-24(11-9-21)33(31,32)29-17-19-4-2-1-3-5-19/h6-14,18-19,25-26,29H,1-5,15-17H2/t25-,26+/m0/s1. The zero-order chi connectivity index (χ0) is 22.8. The molecule has 0 saturated heterocycles. The van der Waals surface area contributed by atoms with Crippen LogP contribution in [0.5, 0.6) is 0 Å². The zero-order valence-corrected chi connectivity index (χ0v) is 19.6. The van der Waals surface area contributed by atoms with Gasteiger partial charge in [-0.1, -0.05) is 49.6 Å². The second-order valence-electron chi connectivity index (χ2n) is 9.57. The third-order valence-corrected chi connectivity index (χ3v) is 8.63. The molecule has 6 heteroatoms. The van der Waals surface area contributed by atoms with Crippen LogP contribution in [0.3, 0.4) is 0 Å². The third-order valence-electron chi connectivity index (χ3n) is 7.19. The number of hydrogen-bond donors (Lipinski definition) is 1. The number of Topliss-reactive ketones (excluding diaryl/α,β-unsaturated/α-hetero) is 1. The van der Waals surface area contributed by atoms with E-state index >= 15 is 0 Å². The lowest BCUT2D eigenvalue weighted by molar-refractivity contribution is -0.119. The summed E-state index contributed by atoms with van der Waals surface area (Å²) in [6, 6.07) is 15.1. The Labute approximate surface area is 195 Å². The predicted molar refractivity (Wildman–Crippen MR) is 130 cm³/mol. The minimum absolute atomic E-state index is 0.0185. The molecule has 0 bridgehead atoms. The minimum Gasteiger partial charge on any atom is -0.299 e. The number of nitrogens with one attached hydrogen (secondary N) is 1. The first-order valence-corrected chi connectivity index (χ1v) is 13.4. The first-order valence-electron chi connectivity index (χ1n) is 11.9. The molecule has 1 aromatic heterocycles. The Balaban J connectivity index is 1.18. The molecule has 0 amide bonds. The molecule has 2 fully saturated rings. The summed E-state index contributed by atoms with van der Waals surface area (Å²) in [5.74, 6) is 0.906. The number of nitrogens with zero attached hydrogens (tertiary/aromatic N) is 1. The molecule has 5 nitrogen and oxygen atoms in total. The van der Waals surface area contributed by atoms with Crippen LogP contribution in [0, 0.1) is 11.8 Å². The van der Waals surface area contributed by atoms with Gasteiger partial charge < -0.3 is 0 Å². The average molecular weight is 463 g/mol. The number of rotatable bonds is 8. The number of carbonyl (C=O) groups excluding carboxylic acids is 1. The molecule has 2 atom stereocenters. The summed E-state index contributed by atoms with van der Waals surface area (Å²) in [6.45, 7) is 0.522. The van der Waals surface area contributed by atoms with Crippen molar-refractivity contribution in [2.45, 2.75) is 55.8 Å². The molecule has 5 rings (SSSR count). The molecule has 1 heterocycles. The summed E-state index contributed by atoms with van der Waals surface area (Å²) in [7, 11) is -3.49. The van der Waals surface area contributed by atoms with Gasteiger partial charge in [0.1, 0.15) is 5.78 Å². The number of aromatic nitrogens is 1. The molecule has 172 valence electrons. The fraction of sp³-hybridized carbons (Fsp3) is 0.407. The molecule has 1 N–H and O–H groups in total. The van der Waals surface area contributed by atoms with Gasteiger partial charge in [0, 0.05) is 36.7 Å². The number of sulfonamides is 1. The predicted octanol–water partition coefficient (Wildman–Crippen LogP) is 5.01. The van der Waals surface area contributed by atoms with E-state index in [4.69, 9.17) is 0 Å². The Bertz CT molecular complexity index is 1250. The minimum atomic E-state index is -3.49. The largest absolute Gasteiger partial charge is 0.299 e. The number of benzene rings is 2. The lowest BCUT2D eigenvalue weighted by Crippen LogP contribution is -2.30. The topological polar surface area (TPSA) is 76.1 Å². The van der Waals surface area contributed by atoms with Gasteiger partial charge in [-0.2, -0.15) is 0 Å². The molecule has 0 radical (unpaired) electrons. The van der Waals surface area contributed by atoms with Crippen LogP contribution in [0.1, 0.15) is 55.6 Å². The fourth-order valence-electron chi connectivity index (χ4n) is 5.09. The second kappa shape index (κ2) is 9.35. The van der Waals surface area contributed by atoms with E-state index < -0.39 is 10.0 Å². The van der Waals surface area contributed by atoms with Crippen LogP contribution >= 0.6 is 0 Å². The molecule has 33 heavy (non-hydrogen) atoms. The van der Waals surface area contributed by atoms with Crippen molar-refractivity contribution in [2.75, 3.05) is 6.54 Å². The molecule has 0 unspecified atom stereocenters. The highest BCUT2D eigenvalue weighted by molar-refractivity contribution is 7.89. The molecule has 2 aliphatic carbocycles. The summed E-state index contributed by atoms with van der Waals surface area (Å²) >= 11 is 0. The van der Waals surface area contributed by atoms with Crippen LogP contribution in [0.4, 0.5) is 0 Å². The number of fused-ring (bicyclic) bond motifs is 1. The molecule has 2 aliphatic rings. The zero-order valence-electron chi connectivity index (χ0n) is 18.7. The Morgan fingerprint density at radius 2 is 1.76 bits per heavy atom. The van der Waals surface area contributed by atoms with Gasteiger partial charge in [0.05, 0.1) is 4.90 Å². The normalized spacial score (nSPS) is 21.2. The van der Waals surface area contributed by atoms with Crippen LogP contribution in [-0.4, -0.2) is 25.7 Å². The number of ketones is 1. The van der Waals surface area contributed by atoms with E-state index in [0.29, 0.717) is 23.8 Å². The van der Waals surface area contributed by atoms with Crippen LogP contribution in [0.2, 0.25) is 0 Å². The Kier molecular flexibility index (Phi) is 6.30. The van der Waals surface area contributed by atoms with E-state index in [0.717, 1.165) is 41.2 Å². The maximum atomic E-state index is 12.8. The van der Waals surface area contributed by atoms with Crippen molar-refractivity contribution >= 4 is 26.6 Å². The fourth-order valence-corrected chi connectivity index (χ4v) is 6.21. The van der Waals surface area contributed by atoms with Crippen molar-refractivity contribution in [1.82, 2.24) is 9.71 Å². The van der Waals surface area contributed by atoms with Crippen LogP contribution < -0.4 is 4.72 Å². The van der Waals surface area contributed by atoms with Crippen LogP contribution in [-0.2, 0) is 21.2 Å². The third kappa shape index (κ3) is 5.17. The number of pyridine rings is 1. The summed E-state index contributed by atoms with van der Waals surface area (Å²) < 4.78 is 28.1. The van der Waals surface area contributed by atoms with E-state index in [1.165, 1.54) is 19.3 Å².